The number of benzene rings is 2. The Bertz CT molecular complexity index is 1280. The molecular formula is C24H21F5N2O5. The number of hydrogen-bond acceptors (Lipinski definition) is 6. The fourth-order valence-electron chi connectivity index (χ4n) is 3.14. The third-order valence-electron chi connectivity index (χ3n) is 4.84. The zero-order chi connectivity index (χ0) is 26.7. The molecule has 0 fully saturated rings. The highest BCUT2D eigenvalue weighted by Gasteiger charge is 2.30. The molecule has 0 aliphatic carbocycles. The minimum absolute atomic E-state index is 0.100. The van der Waals surface area contributed by atoms with E-state index in [0.717, 1.165) is 6.07 Å². The molecule has 0 unspecified atom stereocenters. The number of ketones is 1. The van der Waals surface area contributed by atoms with Gasteiger partial charge in [0.1, 0.15) is 22.8 Å². The first-order chi connectivity index (χ1) is 16.7. The number of aliphatic hydroxyl groups is 1. The fourth-order valence-corrected chi connectivity index (χ4v) is 3.14. The number of carbonyl (C=O) groups is 1. The molecule has 1 N–H and O–H groups in total. The molecule has 0 saturated heterocycles. The van der Waals surface area contributed by atoms with Gasteiger partial charge in [0.2, 0.25) is 0 Å². The van der Waals surface area contributed by atoms with Crippen LogP contribution in [0.5, 0.6) is 11.5 Å². The van der Waals surface area contributed by atoms with Gasteiger partial charge in [-0.25, -0.2) is 0 Å². The van der Waals surface area contributed by atoms with Crippen molar-refractivity contribution in [3.63, 3.8) is 0 Å². The predicted molar refractivity (Wildman–Crippen MR) is 118 cm³/mol. The summed E-state index contributed by atoms with van der Waals surface area (Å²) in [7, 11) is 0. The van der Waals surface area contributed by atoms with Crippen LogP contribution in [0.1, 0.15) is 35.5 Å². The summed E-state index contributed by atoms with van der Waals surface area (Å²) in [5.41, 5.74) is -2.85. The van der Waals surface area contributed by atoms with Crippen molar-refractivity contribution < 1.29 is 41.3 Å². The number of ether oxygens (including phenoxy) is 2. The Morgan fingerprint density at radius 1 is 1.08 bits per heavy atom. The van der Waals surface area contributed by atoms with E-state index in [1.165, 1.54) is 62.4 Å². The number of hydrogen-bond donors (Lipinski definition) is 1. The molecule has 3 rings (SSSR count). The van der Waals surface area contributed by atoms with Gasteiger partial charge in [0.05, 0.1) is 11.3 Å². The molecule has 12 heteroatoms. The molecule has 0 spiro atoms. The summed E-state index contributed by atoms with van der Waals surface area (Å²) >= 11 is 0. The van der Waals surface area contributed by atoms with Gasteiger partial charge in [0.25, 0.3) is 5.56 Å². The number of rotatable bonds is 9. The zero-order valence-corrected chi connectivity index (χ0v) is 19.1. The van der Waals surface area contributed by atoms with Crippen LogP contribution < -0.4 is 15.0 Å². The lowest BCUT2D eigenvalue weighted by atomic mass is 9.99. The summed E-state index contributed by atoms with van der Waals surface area (Å²) in [6, 6.07) is 11.6. The Morgan fingerprint density at radius 3 is 2.31 bits per heavy atom. The summed E-state index contributed by atoms with van der Waals surface area (Å²) in [4.78, 5) is 26.3. The predicted octanol–water partition coefficient (Wildman–Crippen LogP) is 4.43. The minimum Gasteiger partial charge on any atom is -0.482 e. The average molecular weight is 512 g/mol. The van der Waals surface area contributed by atoms with Crippen LogP contribution in [-0.2, 0) is 12.0 Å². The Balaban J connectivity index is 2.03. The molecule has 36 heavy (non-hydrogen) atoms. The van der Waals surface area contributed by atoms with Crippen LogP contribution in [0, 0.1) is 0 Å². The van der Waals surface area contributed by atoms with Crippen molar-refractivity contribution in [1.82, 2.24) is 9.78 Å². The highest BCUT2D eigenvalue weighted by Crippen LogP contribution is 2.26. The topological polar surface area (TPSA) is 90.7 Å². The van der Waals surface area contributed by atoms with Gasteiger partial charge in [-0.15, -0.1) is 0 Å². The van der Waals surface area contributed by atoms with E-state index in [0.29, 0.717) is 10.2 Å². The normalized spacial score (nSPS) is 12.0. The van der Waals surface area contributed by atoms with Crippen molar-refractivity contribution in [3.05, 3.63) is 81.8 Å². The third kappa shape index (κ3) is 6.87. The molecule has 3 aromatic rings. The van der Waals surface area contributed by atoms with Crippen LogP contribution in [0.4, 0.5) is 22.0 Å². The second-order valence-corrected chi connectivity index (χ2v) is 8.21. The maximum absolute atomic E-state index is 13.2. The van der Waals surface area contributed by atoms with Crippen molar-refractivity contribution >= 4 is 5.78 Å². The quantitative estimate of drug-likeness (QED) is 0.337. The second kappa shape index (κ2) is 10.4. The van der Waals surface area contributed by atoms with Crippen molar-refractivity contribution in [2.24, 2.45) is 0 Å². The summed E-state index contributed by atoms with van der Waals surface area (Å²) in [6.07, 6.45) is -4.96. The van der Waals surface area contributed by atoms with Gasteiger partial charge in [0, 0.05) is 6.42 Å². The summed E-state index contributed by atoms with van der Waals surface area (Å²) < 4.78 is 72.6. The Kier molecular flexibility index (Phi) is 7.77. The maximum atomic E-state index is 13.2. The summed E-state index contributed by atoms with van der Waals surface area (Å²) in [5.74, 6) is -1.13. The molecule has 1 heterocycles. The van der Waals surface area contributed by atoms with Gasteiger partial charge >= 0.3 is 12.8 Å². The number of para-hydroxylation sites is 2. The van der Waals surface area contributed by atoms with E-state index in [9.17, 15) is 36.6 Å². The van der Waals surface area contributed by atoms with Crippen LogP contribution in [0.25, 0.3) is 5.69 Å². The van der Waals surface area contributed by atoms with Gasteiger partial charge in [-0.05, 0) is 49.7 Å². The van der Waals surface area contributed by atoms with Crippen molar-refractivity contribution in [1.29, 1.82) is 0 Å². The first-order valence-electron chi connectivity index (χ1n) is 10.5. The number of halogens is 5. The van der Waals surface area contributed by atoms with E-state index in [-0.39, 0.29) is 34.9 Å². The summed E-state index contributed by atoms with van der Waals surface area (Å²) in [6.45, 7) is -1.93. The van der Waals surface area contributed by atoms with Crippen LogP contribution in [0.15, 0.2) is 59.4 Å². The first kappa shape index (κ1) is 26.8. The maximum Gasteiger partial charge on any atom is 0.422 e. The van der Waals surface area contributed by atoms with E-state index in [2.05, 4.69) is 9.84 Å². The molecule has 7 nitrogen and oxygen atoms in total. The van der Waals surface area contributed by atoms with Gasteiger partial charge in [-0.2, -0.15) is 31.7 Å². The number of aromatic nitrogens is 2. The zero-order valence-electron chi connectivity index (χ0n) is 19.1. The van der Waals surface area contributed by atoms with Crippen molar-refractivity contribution in [3.8, 4) is 17.2 Å². The van der Waals surface area contributed by atoms with Gasteiger partial charge < -0.3 is 14.6 Å². The fraction of sp³-hybridized carbons (Fsp3) is 0.292. The largest absolute Gasteiger partial charge is 0.482 e. The Labute approximate surface area is 201 Å². The molecule has 0 radical (unpaired) electrons. The van der Waals surface area contributed by atoms with Gasteiger partial charge in [-0.3, -0.25) is 9.59 Å². The van der Waals surface area contributed by atoms with E-state index < -0.39 is 36.3 Å². The average Bonchev–Trinajstić information content (AvgIpc) is 2.78. The smallest absolute Gasteiger partial charge is 0.422 e. The highest BCUT2D eigenvalue weighted by molar-refractivity contribution is 5.97. The number of nitrogens with zero attached hydrogens (tertiary/aromatic N) is 2. The number of Topliss-reactive ketones (excluding diaryl/α,β-unsaturated/α-hetero) is 1. The van der Waals surface area contributed by atoms with Crippen LogP contribution in [0.2, 0.25) is 0 Å². The molecule has 0 aliphatic rings. The molecule has 2 aromatic carbocycles. The molecule has 192 valence electrons. The van der Waals surface area contributed by atoms with Crippen LogP contribution in [0.3, 0.4) is 0 Å². The highest BCUT2D eigenvalue weighted by atomic mass is 19.4. The van der Waals surface area contributed by atoms with Gasteiger partial charge in [0.15, 0.2) is 12.4 Å². The van der Waals surface area contributed by atoms with Crippen LogP contribution >= 0.6 is 0 Å². The minimum atomic E-state index is -4.64. The van der Waals surface area contributed by atoms with E-state index in [4.69, 9.17) is 4.74 Å². The lowest BCUT2D eigenvalue weighted by molar-refractivity contribution is -0.153. The van der Waals surface area contributed by atoms with Crippen molar-refractivity contribution in [2.75, 3.05) is 6.61 Å². The van der Waals surface area contributed by atoms with Crippen LogP contribution in [-0.4, -0.2) is 40.1 Å². The van der Waals surface area contributed by atoms with Gasteiger partial charge in [-0.1, -0.05) is 24.3 Å². The molecule has 0 aliphatic heterocycles. The lowest BCUT2D eigenvalue weighted by Gasteiger charge is -2.20. The SMILES string of the molecule is CC(C)(O)c1cc(C(=O)Cc2ccc(OC(F)F)cc2)c(=O)n(-c2ccccc2OCC(F)(F)F)n1. The van der Waals surface area contributed by atoms with Crippen molar-refractivity contribution in [2.45, 2.75) is 38.7 Å². The molecular weight excluding hydrogens is 491 g/mol. The van der Waals surface area contributed by atoms with E-state index in [1.54, 1.807) is 0 Å². The standard InChI is InChI=1S/C24H21F5N2O5/c1-23(2,34)20-12-16(18(32)11-14-7-9-15(10-8-14)36-22(25)26)21(33)31(30-20)17-5-3-4-6-19(17)35-13-24(27,28)29/h3-10,12,22,34H,11,13H2,1-2H3. The number of alkyl halides is 5. The first-order valence-corrected chi connectivity index (χ1v) is 10.5. The Morgan fingerprint density at radius 2 is 1.72 bits per heavy atom. The summed E-state index contributed by atoms with van der Waals surface area (Å²) in [5, 5.41) is 14.5. The Hall–Kier alpha value is -3.80. The third-order valence-corrected chi connectivity index (χ3v) is 4.84. The molecule has 0 amide bonds. The molecule has 1 aromatic heterocycles. The number of carbonyl (C=O) groups excluding carboxylic acids is 1. The molecule has 0 saturated carbocycles. The molecule has 0 bridgehead atoms. The van der Waals surface area contributed by atoms with E-state index in [1.807, 2.05) is 0 Å². The molecule has 0 atom stereocenters. The lowest BCUT2D eigenvalue weighted by Crippen LogP contribution is -2.33. The van der Waals surface area contributed by atoms with E-state index >= 15 is 0 Å². The second-order valence-electron chi connectivity index (χ2n) is 8.21. The monoisotopic (exact) mass is 512 g/mol.